The third kappa shape index (κ3) is 5.06. The predicted molar refractivity (Wildman–Crippen MR) is 109 cm³/mol. The lowest BCUT2D eigenvalue weighted by Gasteiger charge is -2.15. The molecule has 3 rings (SSSR count). The van der Waals surface area contributed by atoms with Crippen molar-refractivity contribution in [1.29, 1.82) is 0 Å². The average molecular weight is 473 g/mol. The van der Waals surface area contributed by atoms with Gasteiger partial charge in [-0.15, -0.1) is 24.0 Å². The summed E-state index contributed by atoms with van der Waals surface area (Å²) in [5, 5.41) is 6.31. The van der Waals surface area contributed by atoms with Gasteiger partial charge in [0.05, 0.1) is 6.54 Å². The molecule has 1 atom stereocenters. The van der Waals surface area contributed by atoms with Gasteiger partial charge in [-0.05, 0) is 29.7 Å². The van der Waals surface area contributed by atoms with E-state index in [0.717, 1.165) is 18.2 Å². The number of nitrogens with zero attached hydrogens (tertiary/aromatic N) is 1. The van der Waals surface area contributed by atoms with Gasteiger partial charge in [0.15, 0.2) is 17.6 Å². The highest BCUT2D eigenvalue weighted by Gasteiger charge is 2.22. The zero-order valence-electron chi connectivity index (χ0n) is 14.5. The number of halogens is 3. The smallest absolute Gasteiger partial charge is 0.191 e. The van der Waals surface area contributed by atoms with Gasteiger partial charge in [0.25, 0.3) is 0 Å². The van der Waals surface area contributed by atoms with Gasteiger partial charge in [-0.3, -0.25) is 4.99 Å². The van der Waals surface area contributed by atoms with Crippen LogP contribution < -0.4 is 15.4 Å². The van der Waals surface area contributed by atoms with Crippen LogP contribution in [0.3, 0.4) is 0 Å². The summed E-state index contributed by atoms with van der Waals surface area (Å²) in [6, 6.07) is 12.2. The lowest BCUT2D eigenvalue weighted by Crippen LogP contribution is -2.42. The molecule has 0 fully saturated rings. The minimum absolute atomic E-state index is 0. The van der Waals surface area contributed by atoms with Crippen LogP contribution >= 0.6 is 24.0 Å². The summed E-state index contributed by atoms with van der Waals surface area (Å²) in [5.41, 5.74) is 1.55. The number of para-hydroxylation sites is 1. The lowest BCUT2D eigenvalue weighted by molar-refractivity contribution is 0.235. The molecule has 0 saturated carbocycles. The number of hydrogen-bond acceptors (Lipinski definition) is 2. The first-order valence-corrected chi connectivity index (χ1v) is 8.29. The summed E-state index contributed by atoms with van der Waals surface area (Å²) >= 11 is 0. The normalized spacial score (nSPS) is 15.7. The maximum atomic E-state index is 13.6. The first kappa shape index (κ1) is 20.4. The van der Waals surface area contributed by atoms with Gasteiger partial charge in [0.2, 0.25) is 0 Å². The van der Waals surface area contributed by atoms with E-state index < -0.39 is 11.6 Å². The summed E-state index contributed by atoms with van der Waals surface area (Å²) in [6.07, 6.45) is 1.28. The van der Waals surface area contributed by atoms with E-state index in [1.54, 1.807) is 13.1 Å². The van der Waals surface area contributed by atoms with Crippen LogP contribution in [-0.2, 0) is 12.8 Å². The topological polar surface area (TPSA) is 45.7 Å². The Labute approximate surface area is 169 Å². The van der Waals surface area contributed by atoms with Crippen LogP contribution in [0.2, 0.25) is 0 Å². The van der Waals surface area contributed by atoms with Crippen LogP contribution in [0.4, 0.5) is 8.78 Å². The Bertz CT molecular complexity index is 745. The van der Waals surface area contributed by atoms with Crippen molar-refractivity contribution in [3.63, 3.8) is 0 Å². The van der Waals surface area contributed by atoms with Crippen molar-refractivity contribution in [2.75, 3.05) is 20.1 Å². The molecule has 1 unspecified atom stereocenters. The highest BCUT2D eigenvalue weighted by atomic mass is 127. The van der Waals surface area contributed by atoms with E-state index in [2.05, 4.69) is 21.7 Å². The third-order valence-electron chi connectivity index (χ3n) is 4.15. The molecule has 0 bridgehead atoms. The van der Waals surface area contributed by atoms with E-state index in [0.29, 0.717) is 31.0 Å². The van der Waals surface area contributed by atoms with E-state index in [1.807, 2.05) is 18.2 Å². The van der Waals surface area contributed by atoms with Crippen LogP contribution in [0, 0.1) is 11.6 Å². The Morgan fingerprint density at radius 3 is 2.73 bits per heavy atom. The highest BCUT2D eigenvalue weighted by molar-refractivity contribution is 14.0. The molecule has 1 heterocycles. The maximum Gasteiger partial charge on any atom is 0.191 e. The van der Waals surface area contributed by atoms with E-state index in [4.69, 9.17) is 4.74 Å². The van der Waals surface area contributed by atoms with E-state index in [-0.39, 0.29) is 30.1 Å². The summed E-state index contributed by atoms with van der Waals surface area (Å²) in [5.74, 6) is -0.0717. The number of ether oxygens (including phenoxy) is 1. The van der Waals surface area contributed by atoms with Gasteiger partial charge >= 0.3 is 0 Å². The number of rotatable bonds is 5. The first-order chi connectivity index (χ1) is 12.2. The van der Waals surface area contributed by atoms with E-state index >= 15 is 0 Å². The maximum absolute atomic E-state index is 13.6. The third-order valence-corrected chi connectivity index (χ3v) is 4.15. The zero-order valence-corrected chi connectivity index (χ0v) is 16.8. The number of hydrogen-bond donors (Lipinski definition) is 2. The van der Waals surface area contributed by atoms with Crippen LogP contribution in [0.25, 0.3) is 0 Å². The molecule has 1 aliphatic rings. The molecule has 4 nitrogen and oxygen atoms in total. The quantitative estimate of drug-likeness (QED) is 0.398. The summed E-state index contributed by atoms with van der Waals surface area (Å²) < 4.78 is 32.7. The van der Waals surface area contributed by atoms with Crippen molar-refractivity contribution in [2.45, 2.75) is 18.9 Å². The number of nitrogens with one attached hydrogen (secondary N) is 2. The van der Waals surface area contributed by atoms with Crippen molar-refractivity contribution in [3.8, 4) is 5.75 Å². The number of benzene rings is 2. The van der Waals surface area contributed by atoms with Gasteiger partial charge in [-0.25, -0.2) is 8.78 Å². The molecule has 7 heteroatoms. The van der Waals surface area contributed by atoms with Gasteiger partial charge in [0, 0.05) is 20.0 Å². The average Bonchev–Trinajstić information content (AvgIpc) is 3.04. The minimum atomic E-state index is -0.821. The number of fused-ring (bicyclic) bond motifs is 1. The molecule has 2 aromatic carbocycles. The standard InChI is InChI=1S/C19H21F2N3O.HI/c1-22-19(23-10-9-13-6-4-7-16(20)18(13)21)24-12-15-11-14-5-2-3-8-17(14)25-15;/h2-8,15H,9-12H2,1H3,(H2,22,23,24);1H. The van der Waals surface area contributed by atoms with Crippen molar-refractivity contribution in [3.05, 3.63) is 65.2 Å². The molecule has 26 heavy (non-hydrogen) atoms. The Kier molecular flexibility index (Phi) is 7.62. The molecule has 2 aromatic rings. The molecule has 1 aliphatic heterocycles. The second-order valence-corrected chi connectivity index (χ2v) is 5.89. The van der Waals surface area contributed by atoms with Crippen molar-refractivity contribution in [1.82, 2.24) is 10.6 Å². The molecule has 0 amide bonds. The Morgan fingerprint density at radius 2 is 1.96 bits per heavy atom. The molecule has 140 valence electrons. The summed E-state index contributed by atoms with van der Waals surface area (Å²) in [4.78, 5) is 4.14. The fraction of sp³-hybridized carbons (Fsp3) is 0.316. The van der Waals surface area contributed by atoms with Gasteiger partial charge in [0.1, 0.15) is 11.9 Å². The molecular weight excluding hydrogens is 451 g/mol. The Morgan fingerprint density at radius 1 is 1.15 bits per heavy atom. The van der Waals surface area contributed by atoms with Crippen LogP contribution in [0.1, 0.15) is 11.1 Å². The Balaban J connectivity index is 0.00000243. The SMILES string of the molecule is CN=C(NCCc1cccc(F)c1F)NCC1Cc2ccccc2O1.I. The second-order valence-electron chi connectivity index (χ2n) is 5.89. The van der Waals surface area contributed by atoms with E-state index in [9.17, 15) is 8.78 Å². The molecule has 0 radical (unpaired) electrons. The number of aliphatic imine (C=N–C) groups is 1. The summed E-state index contributed by atoms with van der Waals surface area (Å²) in [7, 11) is 1.67. The fourth-order valence-electron chi connectivity index (χ4n) is 2.86. The van der Waals surface area contributed by atoms with Gasteiger partial charge < -0.3 is 15.4 Å². The monoisotopic (exact) mass is 473 g/mol. The van der Waals surface area contributed by atoms with Gasteiger partial charge in [-0.2, -0.15) is 0 Å². The van der Waals surface area contributed by atoms with Crippen LogP contribution in [0.15, 0.2) is 47.5 Å². The first-order valence-electron chi connectivity index (χ1n) is 8.29. The van der Waals surface area contributed by atoms with Crippen LogP contribution in [-0.4, -0.2) is 32.2 Å². The largest absolute Gasteiger partial charge is 0.488 e. The van der Waals surface area contributed by atoms with E-state index in [1.165, 1.54) is 11.6 Å². The molecular formula is C19H22F2IN3O. The minimum Gasteiger partial charge on any atom is -0.488 e. The van der Waals surface area contributed by atoms with Gasteiger partial charge in [-0.1, -0.05) is 30.3 Å². The second kappa shape index (κ2) is 9.70. The zero-order chi connectivity index (χ0) is 17.6. The van der Waals surface area contributed by atoms with Crippen molar-refractivity contribution in [2.24, 2.45) is 4.99 Å². The van der Waals surface area contributed by atoms with Crippen molar-refractivity contribution < 1.29 is 13.5 Å². The predicted octanol–water partition coefficient (Wildman–Crippen LogP) is 3.29. The highest BCUT2D eigenvalue weighted by Crippen LogP contribution is 2.27. The molecule has 0 spiro atoms. The van der Waals surface area contributed by atoms with Crippen LogP contribution in [0.5, 0.6) is 5.75 Å². The molecule has 0 aliphatic carbocycles. The molecule has 0 aromatic heterocycles. The Hall–Kier alpha value is -1.90. The fourth-order valence-corrected chi connectivity index (χ4v) is 2.86. The molecule has 0 saturated heterocycles. The summed E-state index contributed by atoms with van der Waals surface area (Å²) in [6.45, 7) is 1.06. The lowest BCUT2D eigenvalue weighted by atomic mass is 10.1. The number of guanidine groups is 1. The van der Waals surface area contributed by atoms with Crippen molar-refractivity contribution >= 4 is 29.9 Å². The molecule has 2 N–H and O–H groups in total.